The van der Waals surface area contributed by atoms with Crippen molar-refractivity contribution in [3.8, 4) is 5.75 Å². The maximum Gasteiger partial charge on any atom is 0.126 e. The fourth-order valence-corrected chi connectivity index (χ4v) is 6.77. The first-order chi connectivity index (χ1) is 22.0. The Morgan fingerprint density at radius 3 is 2.51 bits per heavy atom. The molecule has 4 heteroatoms. The summed E-state index contributed by atoms with van der Waals surface area (Å²) >= 11 is 0. The summed E-state index contributed by atoms with van der Waals surface area (Å²) in [6.07, 6.45) is 12.5. The van der Waals surface area contributed by atoms with Gasteiger partial charge in [-0.25, -0.2) is 0 Å². The predicted molar refractivity (Wildman–Crippen MR) is 193 cm³/mol. The van der Waals surface area contributed by atoms with Crippen LogP contribution in [0.3, 0.4) is 0 Å². The zero-order chi connectivity index (χ0) is 32.2. The SMILES string of the molecule is C=C=C(C[C@H](c1ccccn1)C1CCCC1)c1ccc(C)c(C(=NC)c2ccc3c(c2)/C(C)=C\CCCN(C)CCO3)c1.CC. The summed E-state index contributed by atoms with van der Waals surface area (Å²) in [5.74, 6) is 1.97. The second kappa shape index (κ2) is 17.1. The van der Waals surface area contributed by atoms with Crippen molar-refractivity contribution in [2.24, 2.45) is 10.9 Å². The van der Waals surface area contributed by atoms with Crippen molar-refractivity contribution in [1.29, 1.82) is 0 Å². The number of aryl methyl sites for hydroxylation is 1. The molecule has 0 N–H and O–H groups in total. The van der Waals surface area contributed by atoms with Crippen LogP contribution >= 0.6 is 0 Å². The summed E-state index contributed by atoms with van der Waals surface area (Å²) in [5, 5.41) is 0. The van der Waals surface area contributed by atoms with Gasteiger partial charge in [0, 0.05) is 53.7 Å². The van der Waals surface area contributed by atoms with Crippen LogP contribution in [-0.4, -0.2) is 49.4 Å². The van der Waals surface area contributed by atoms with Crippen LogP contribution in [0.1, 0.15) is 105 Å². The zero-order valence-electron chi connectivity index (χ0n) is 28.5. The number of fused-ring (bicyclic) bond motifs is 1. The molecule has 1 fully saturated rings. The Labute approximate surface area is 272 Å². The zero-order valence-corrected chi connectivity index (χ0v) is 28.5. The van der Waals surface area contributed by atoms with Crippen LogP contribution in [0, 0.1) is 12.8 Å². The molecule has 45 heavy (non-hydrogen) atoms. The minimum atomic E-state index is 0.373. The second-order valence-corrected chi connectivity index (χ2v) is 12.3. The van der Waals surface area contributed by atoms with E-state index < -0.39 is 0 Å². The van der Waals surface area contributed by atoms with E-state index in [0.29, 0.717) is 18.4 Å². The highest BCUT2D eigenvalue weighted by molar-refractivity contribution is 6.14. The Hall–Kier alpha value is -3.72. The van der Waals surface area contributed by atoms with Crippen LogP contribution in [0.15, 0.2) is 84.2 Å². The van der Waals surface area contributed by atoms with Gasteiger partial charge in [0.15, 0.2) is 0 Å². The van der Waals surface area contributed by atoms with E-state index >= 15 is 0 Å². The summed E-state index contributed by atoms with van der Waals surface area (Å²) in [6, 6.07) is 19.6. The van der Waals surface area contributed by atoms with Crippen molar-refractivity contribution < 1.29 is 4.74 Å². The molecule has 1 aliphatic carbocycles. The van der Waals surface area contributed by atoms with Gasteiger partial charge < -0.3 is 9.64 Å². The average Bonchev–Trinajstić information content (AvgIpc) is 3.60. The van der Waals surface area contributed by atoms with Crippen LogP contribution < -0.4 is 4.74 Å². The highest BCUT2D eigenvalue weighted by Crippen LogP contribution is 2.42. The number of benzene rings is 2. The molecule has 1 aliphatic heterocycles. The van der Waals surface area contributed by atoms with Crippen LogP contribution in [-0.2, 0) is 0 Å². The Kier molecular flexibility index (Phi) is 13.0. The van der Waals surface area contributed by atoms with Gasteiger partial charge in [-0.05, 0) is 119 Å². The molecule has 5 rings (SSSR count). The third-order valence-electron chi connectivity index (χ3n) is 9.34. The molecule has 4 nitrogen and oxygen atoms in total. The molecule has 0 saturated heterocycles. The number of nitrogens with zero attached hydrogens (tertiary/aromatic N) is 3. The minimum absolute atomic E-state index is 0.373. The normalized spacial score (nSPS) is 18.2. The lowest BCUT2D eigenvalue weighted by Gasteiger charge is -2.24. The molecular weight excluding hydrogens is 550 g/mol. The summed E-state index contributed by atoms with van der Waals surface area (Å²) in [6.45, 7) is 15.2. The first-order valence-corrected chi connectivity index (χ1v) is 17.0. The highest BCUT2D eigenvalue weighted by atomic mass is 16.5. The molecule has 1 aromatic heterocycles. The largest absolute Gasteiger partial charge is 0.492 e. The van der Waals surface area contributed by atoms with E-state index in [0.717, 1.165) is 71.6 Å². The third kappa shape index (κ3) is 8.72. The van der Waals surface area contributed by atoms with E-state index in [-0.39, 0.29) is 0 Å². The summed E-state index contributed by atoms with van der Waals surface area (Å²) < 4.78 is 6.29. The van der Waals surface area contributed by atoms with Crippen molar-refractivity contribution in [2.45, 2.75) is 78.6 Å². The molecule has 0 amide bonds. The molecule has 0 radical (unpaired) electrons. The molecule has 1 atom stereocenters. The lowest BCUT2D eigenvalue weighted by atomic mass is 9.81. The highest BCUT2D eigenvalue weighted by Gasteiger charge is 2.28. The maximum atomic E-state index is 6.29. The van der Waals surface area contributed by atoms with Crippen molar-refractivity contribution in [2.75, 3.05) is 33.8 Å². The number of allylic oxidation sites excluding steroid dienone is 3. The number of likely N-dealkylation sites (N-methyl/N-ethyl adjacent to an activating group) is 1. The van der Waals surface area contributed by atoms with Gasteiger partial charge in [0.2, 0.25) is 0 Å². The number of pyridine rings is 1. The molecule has 2 heterocycles. The maximum absolute atomic E-state index is 6.29. The Balaban J connectivity index is 0.00000226. The molecule has 2 aliphatic rings. The number of hydrogen-bond acceptors (Lipinski definition) is 4. The van der Waals surface area contributed by atoms with Crippen LogP contribution in [0.2, 0.25) is 0 Å². The monoisotopic (exact) mass is 603 g/mol. The third-order valence-corrected chi connectivity index (χ3v) is 9.34. The van der Waals surface area contributed by atoms with Crippen LogP contribution in [0.25, 0.3) is 11.1 Å². The van der Waals surface area contributed by atoms with Crippen molar-refractivity contribution in [3.05, 3.63) is 113 Å². The average molecular weight is 604 g/mol. The molecule has 1 saturated carbocycles. The quantitative estimate of drug-likeness (QED) is 0.199. The van der Waals surface area contributed by atoms with E-state index in [1.54, 1.807) is 0 Å². The smallest absolute Gasteiger partial charge is 0.126 e. The number of aromatic nitrogens is 1. The van der Waals surface area contributed by atoms with E-state index in [9.17, 15) is 0 Å². The van der Waals surface area contributed by atoms with Crippen molar-refractivity contribution >= 4 is 16.9 Å². The molecule has 3 aromatic rings. The molecule has 0 unspecified atom stereocenters. The Morgan fingerprint density at radius 1 is 1.02 bits per heavy atom. The fraction of sp³-hybridized carbons (Fsp3) is 0.439. The molecule has 0 spiro atoms. The van der Waals surface area contributed by atoms with Gasteiger partial charge >= 0.3 is 0 Å². The Bertz CT molecular complexity index is 1510. The predicted octanol–water partition coefficient (Wildman–Crippen LogP) is 9.92. The fourth-order valence-electron chi connectivity index (χ4n) is 6.77. The molecule has 238 valence electrons. The lowest BCUT2D eigenvalue weighted by Crippen LogP contribution is -2.25. The van der Waals surface area contributed by atoms with Gasteiger partial charge in [0.05, 0.1) is 5.71 Å². The van der Waals surface area contributed by atoms with Gasteiger partial charge in [0.25, 0.3) is 0 Å². The van der Waals surface area contributed by atoms with E-state index in [1.165, 1.54) is 42.5 Å². The van der Waals surface area contributed by atoms with Crippen LogP contribution in [0.5, 0.6) is 5.75 Å². The number of ether oxygens (including phenoxy) is 1. The van der Waals surface area contributed by atoms with E-state index in [1.807, 2.05) is 33.2 Å². The van der Waals surface area contributed by atoms with E-state index in [4.69, 9.17) is 14.7 Å². The van der Waals surface area contributed by atoms with Crippen molar-refractivity contribution in [3.63, 3.8) is 0 Å². The van der Waals surface area contributed by atoms with Gasteiger partial charge in [-0.1, -0.05) is 57.5 Å². The Morgan fingerprint density at radius 2 is 1.80 bits per heavy atom. The summed E-state index contributed by atoms with van der Waals surface area (Å²) in [4.78, 5) is 12.0. The number of rotatable bonds is 7. The topological polar surface area (TPSA) is 37.7 Å². The second-order valence-electron chi connectivity index (χ2n) is 12.3. The summed E-state index contributed by atoms with van der Waals surface area (Å²) in [7, 11) is 4.07. The number of hydrogen-bond donors (Lipinski definition) is 0. The first kappa shape index (κ1) is 34.2. The van der Waals surface area contributed by atoms with Gasteiger partial charge in [-0.3, -0.25) is 9.98 Å². The summed E-state index contributed by atoms with van der Waals surface area (Å²) in [5.41, 5.74) is 13.7. The lowest BCUT2D eigenvalue weighted by molar-refractivity contribution is 0.236. The van der Waals surface area contributed by atoms with Crippen LogP contribution in [0.4, 0.5) is 0 Å². The van der Waals surface area contributed by atoms with E-state index in [2.05, 4.69) is 92.7 Å². The standard InChI is InChI=1S/C39H47N3O.C2H6/c1-6-30(25-36(31-14-7-8-15-31)37-16-9-11-21-41-37)32-18-17-29(3)35(26-32)39(40-4)33-19-20-38-34(27-33)28(2)13-10-12-22-42(5)23-24-43-38;1-2/h9,11,13,16-21,26-27,31,36H,1,7-8,10,12,14-15,22-25H2,2-5H3;1-2H3/b28-13-,40-39?;/t36-;/m0./s1. The van der Waals surface area contributed by atoms with Gasteiger partial charge in [-0.2, -0.15) is 0 Å². The minimum Gasteiger partial charge on any atom is -0.492 e. The molecule has 0 bridgehead atoms. The molecular formula is C41H53N3O. The first-order valence-electron chi connectivity index (χ1n) is 17.0. The molecule has 2 aromatic carbocycles. The van der Waals surface area contributed by atoms with Gasteiger partial charge in [0.1, 0.15) is 12.4 Å². The number of aliphatic imine (C=N–C) groups is 1. The van der Waals surface area contributed by atoms with Crippen molar-refractivity contribution in [1.82, 2.24) is 9.88 Å². The van der Waals surface area contributed by atoms with Gasteiger partial charge in [-0.15, -0.1) is 5.73 Å².